The van der Waals surface area contributed by atoms with Gasteiger partial charge in [0.2, 0.25) is 11.8 Å². The zero-order valence-electron chi connectivity index (χ0n) is 10.8. The number of carboxylic acid groups (broad SMARTS) is 1. The van der Waals surface area contributed by atoms with Crippen LogP contribution in [0.1, 0.15) is 46.0 Å². The van der Waals surface area contributed by atoms with Crippen LogP contribution in [0.2, 0.25) is 0 Å². The van der Waals surface area contributed by atoms with Crippen LogP contribution in [0.15, 0.2) is 0 Å². The summed E-state index contributed by atoms with van der Waals surface area (Å²) in [4.78, 5) is 36.6. The van der Waals surface area contributed by atoms with Crippen molar-refractivity contribution < 1.29 is 19.5 Å². The average Bonchev–Trinajstić information content (AvgIpc) is 2.51. The Morgan fingerprint density at radius 3 is 2.06 bits per heavy atom. The maximum atomic E-state index is 12.3. The van der Waals surface area contributed by atoms with Crippen molar-refractivity contribution in [2.24, 2.45) is 11.8 Å². The Morgan fingerprint density at radius 2 is 1.67 bits per heavy atom. The molecule has 1 N–H and O–H groups in total. The quantitative estimate of drug-likeness (QED) is 0.772. The van der Waals surface area contributed by atoms with E-state index in [2.05, 4.69) is 0 Å². The van der Waals surface area contributed by atoms with Crippen molar-refractivity contribution in [2.75, 3.05) is 0 Å². The highest BCUT2D eigenvalue weighted by atomic mass is 16.4. The molecule has 2 unspecified atom stereocenters. The molecule has 0 aromatic rings. The Labute approximate surface area is 106 Å². The molecule has 2 aliphatic rings. The second-order valence-electron chi connectivity index (χ2n) is 5.89. The molecular weight excluding hydrogens is 234 g/mol. The number of fused-ring (bicyclic) bond motifs is 1. The van der Waals surface area contributed by atoms with Crippen molar-refractivity contribution in [2.45, 2.75) is 51.5 Å². The van der Waals surface area contributed by atoms with Gasteiger partial charge in [-0.15, -0.1) is 0 Å². The summed E-state index contributed by atoms with van der Waals surface area (Å²) in [6, 6.07) is 0. The van der Waals surface area contributed by atoms with E-state index in [4.69, 9.17) is 5.11 Å². The molecule has 2 amide bonds. The van der Waals surface area contributed by atoms with Gasteiger partial charge in [0.1, 0.15) is 0 Å². The first-order chi connectivity index (χ1) is 8.34. The summed E-state index contributed by atoms with van der Waals surface area (Å²) < 4.78 is 0. The van der Waals surface area contributed by atoms with Crippen molar-refractivity contribution in [1.82, 2.24) is 4.90 Å². The van der Waals surface area contributed by atoms with Gasteiger partial charge in [0.15, 0.2) is 0 Å². The normalized spacial score (nSPS) is 28.4. The lowest BCUT2D eigenvalue weighted by molar-refractivity contribution is -0.149. The van der Waals surface area contributed by atoms with Gasteiger partial charge in [-0.05, 0) is 26.7 Å². The molecule has 5 nitrogen and oxygen atoms in total. The van der Waals surface area contributed by atoms with E-state index in [1.165, 1.54) is 4.90 Å². The predicted molar refractivity (Wildman–Crippen MR) is 63.6 cm³/mol. The molecule has 0 radical (unpaired) electrons. The molecule has 5 heteroatoms. The fourth-order valence-electron chi connectivity index (χ4n) is 3.21. The summed E-state index contributed by atoms with van der Waals surface area (Å²) in [6.07, 6.45) is 3.27. The first kappa shape index (κ1) is 13.1. The van der Waals surface area contributed by atoms with Gasteiger partial charge < -0.3 is 5.11 Å². The van der Waals surface area contributed by atoms with E-state index in [0.29, 0.717) is 0 Å². The number of hydrogen-bond donors (Lipinski definition) is 1. The van der Waals surface area contributed by atoms with Gasteiger partial charge in [-0.1, -0.05) is 12.8 Å². The molecule has 1 heterocycles. The van der Waals surface area contributed by atoms with Crippen LogP contribution < -0.4 is 0 Å². The van der Waals surface area contributed by atoms with Crippen LogP contribution in [0.3, 0.4) is 0 Å². The number of rotatable bonds is 3. The van der Waals surface area contributed by atoms with Gasteiger partial charge >= 0.3 is 5.97 Å². The minimum Gasteiger partial charge on any atom is -0.481 e. The number of hydrogen-bond acceptors (Lipinski definition) is 3. The molecule has 0 bridgehead atoms. The van der Waals surface area contributed by atoms with Crippen LogP contribution in [-0.2, 0) is 14.4 Å². The first-order valence-electron chi connectivity index (χ1n) is 6.44. The molecule has 1 saturated heterocycles. The third-order valence-corrected chi connectivity index (χ3v) is 4.03. The van der Waals surface area contributed by atoms with Crippen LogP contribution in [0.5, 0.6) is 0 Å². The number of amides is 2. The molecule has 2 atom stereocenters. The van der Waals surface area contributed by atoms with Gasteiger partial charge in [-0.2, -0.15) is 0 Å². The zero-order chi connectivity index (χ0) is 13.5. The summed E-state index contributed by atoms with van der Waals surface area (Å²) in [5, 5.41) is 8.89. The molecule has 1 aliphatic heterocycles. The van der Waals surface area contributed by atoms with Gasteiger partial charge in [0.25, 0.3) is 0 Å². The first-order valence-corrected chi connectivity index (χ1v) is 6.44. The van der Waals surface area contributed by atoms with E-state index < -0.39 is 11.5 Å². The Balaban J connectivity index is 2.25. The van der Waals surface area contributed by atoms with E-state index in [-0.39, 0.29) is 30.1 Å². The number of likely N-dealkylation sites (tertiary alicyclic amines) is 1. The highest BCUT2D eigenvalue weighted by Crippen LogP contribution is 2.41. The standard InChI is InChI=1S/C13H19NO4/c1-13(2,7-10(15)16)14-11(17)8-5-3-4-6-9(8)12(14)18/h8-9H,3-7H2,1-2H3,(H,15,16). The summed E-state index contributed by atoms with van der Waals surface area (Å²) in [6.45, 7) is 3.29. The van der Waals surface area contributed by atoms with Gasteiger partial charge in [-0.25, -0.2) is 0 Å². The molecule has 18 heavy (non-hydrogen) atoms. The lowest BCUT2D eigenvalue weighted by Crippen LogP contribution is -2.49. The number of nitrogens with zero attached hydrogens (tertiary/aromatic N) is 1. The molecule has 0 spiro atoms. The summed E-state index contributed by atoms with van der Waals surface area (Å²) >= 11 is 0. The Hall–Kier alpha value is -1.39. The van der Waals surface area contributed by atoms with Crippen molar-refractivity contribution in [3.05, 3.63) is 0 Å². The SMILES string of the molecule is CC(C)(CC(=O)O)N1C(=O)C2CCCCC2C1=O. The smallest absolute Gasteiger partial charge is 0.305 e. The molecule has 1 saturated carbocycles. The molecule has 100 valence electrons. The lowest BCUT2D eigenvalue weighted by Gasteiger charge is -2.32. The number of imide groups is 1. The molecular formula is C13H19NO4. The molecule has 0 aromatic carbocycles. The summed E-state index contributed by atoms with van der Waals surface area (Å²) in [5.74, 6) is -1.75. The largest absolute Gasteiger partial charge is 0.481 e. The summed E-state index contributed by atoms with van der Waals surface area (Å²) in [5.41, 5.74) is -0.933. The third-order valence-electron chi connectivity index (χ3n) is 4.03. The van der Waals surface area contributed by atoms with E-state index in [0.717, 1.165) is 25.7 Å². The second-order valence-corrected chi connectivity index (χ2v) is 5.89. The van der Waals surface area contributed by atoms with Crippen molar-refractivity contribution >= 4 is 17.8 Å². The van der Waals surface area contributed by atoms with Gasteiger partial charge in [0, 0.05) is 0 Å². The van der Waals surface area contributed by atoms with E-state index in [9.17, 15) is 14.4 Å². The minimum atomic E-state index is -0.990. The third kappa shape index (κ3) is 2.02. The van der Waals surface area contributed by atoms with Gasteiger partial charge in [-0.3, -0.25) is 19.3 Å². The van der Waals surface area contributed by atoms with Gasteiger partial charge in [0.05, 0.1) is 23.8 Å². The van der Waals surface area contributed by atoms with E-state index >= 15 is 0 Å². The number of aliphatic carboxylic acids is 1. The van der Waals surface area contributed by atoms with Crippen LogP contribution in [-0.4, -0.2) is 33.3 Å². The highest BCUT2D eigenvalue weighted by molar-refractivity contribution is 6.06. The van der Waals surface area contributed by atoms with E-state index in [1.54, 1.807) is 13.8 Å². The van der Waals surface area contributed by atoms with Crippen LogP contribution in [0.25, 0.3) is 0 Å². The lowest BCUT2D eigenvalue weighted by atomic mass is 9.81. The second kappa shape index (κ2) is 4.37. The minimum absolute atomic E-state index is 0.170. The maximum Gasteiger partial charge on any atom is 0.305 e. The van der Waals surface area contributed by atoms with Crippen LogP contribution in [0.4, 0.5) is 0 Å². The molecule has 2 fully saturated rings. The summed E-state index contributed by atoms with van der Waals surface area (Å²) in [7, 11) is 0. The van der Waals surface area contributed by atoms with Crippen molar-refractivity contribution in [1.29, 1.82) is 0 Å². The average molecular weight is 253 g/mol. The van der Waals surface area contributed by atoms with E-state index in [1.807, 2.05) is 0 Å². The van der Waals surface area contributed by atoms with Crippen molar-refractivity contribution in [3.63, 3.8) is 0 Å². The number of carbonyl (C=O) groups excluding carboxylic acids is 2. The maximum absolute atomic E-state index is 12.3. The fraction of sp³-hybridized carbons (Fsp3) is 0.769. The monoisotopic (exact) mass is 253 g/mol. The number of carboxylic acids is 1. The Bertz CT molecular complexity index is 378. The Kier molecular flexibility index (Phi) is 3.17. The predicted octanol–water partition coefficient (Wildman–Crippen LogP) is 1.41. The molecule has 1 aliphatic carbocycles. The molecule has 0 aromatic heterocycles. The zero-order valence-corrected chi connectivity index (χ0v) is 10.8. The van der Waals surface area contributed by atoms with Crippen molar-refractivity contribution in [3.8, 4) is 0 Å². The Morgan fingerprint density at radius 1 is 1.22 bits per heavy atom. The van der Waals surface area contributed by atoms with Crippen LogP contribution in [0, 0.1) is 11.8 Å². The number of carbonyl (C=O) groups is 3. The molecule has 2 rings (SSSR count). The highest BCUT2D eigenvalue weighted by Gasteiger charge is 2.53. The fourth-order valence-corrected chi connectivity index (χ4v) is 3.21. The van der Waals surface area contributed by atoms with Crippen LogP contribution >= 0.6 is 0 Å². The topological polar surface area (TPSA) is 74.7 Å².